The van der Waals surface area contributed by atoms with E-state index in [1.165, 1.54) is 17.9 Å². The molecule has 204 valence electrons. The maximum absolute atomic E-state index is 15.1. The molecule has 3 aromatic heterocycles. The normalized spacial score (nSPS) is 13.5. The van der Waals surface area contributed by atoms with Crippen LogP contribution in [0, 0.1) is 18.6 Å². The maximum Gasteiger partial charge on any atom is 0.252 e. The number of aryl methyl sites for hydroxylation is 2. The van der Waals surface area contributed by atoms with E-state index in [0.29, 0.717) is 17.2 Å². The van der Waals surface area contributed by atoms with Crippen molar-refractivity contribution in [2.24, 2.45) is 12.8 Å². The summed E-state index contributed by atoms with van der Waals surface area (Å²) in [5, 5.41) is 14.6. The van der Waals surface area contributed by atoms with Gasteiger partial charge in [-0.1, -0.05) is 0 Å². The van der Waals surface area contributed by atoms with Crippen molar-refractivity contribution in [2.45, 2.75) is 30.6 Å². The minimum absolute atomic E-state index is 0.0344. The summed E-state index contributed by atoms with van der Waals surface area (Å²) >= 11 is 0. The van der Waals surface area contributed by atoms with Crippen LogP contribution in [0.1, 0.15) is 40.4 Å². The largest absolute Gasteiger partial charge is 0.365 e. The van der Waals surface area contributed by atoms with Crippen LogP contribution in [0.2, 0.25) is 0 Å². The molecule has 39 heavy (non-hydrogen) atoms. The number of H-pyrrole nitrogens is 1. The zero-order chi connectivity index (χ0) is 28.2. The van der Waals surface area contributed by atoms with E-state index in [9.17, 15) is 13.2 Å². The number of rotatable bonds is 8. The van der Waals surface area contributed by atoms with E-state index in [4.69, 9.17) is 5.73 Å². The molecule has 1 aliphatic rings. The van der Waals surface area contributed by atoms with E-state index in [1.807, 2.05) is 6.92 Å². The molecule has 1 fully saturated rings. The zero-order valence-electron chi connectivity index (χ0n) is 21.5. The predicted octanol–water partition coefficient (Wildman–Crippen LogP) is 3.08. The summed E-state index contributed by atoms with van der Waals surface area (Å²) in [6, 6.07) is 3.22. The minimum Gasteiger partial charge on any atom is -0.365 e. The van der Waals surface area contributed by atoms with Crippen molar-refractivity contribution in [2.75, 3.05) is 23.5 Å². The van der Waals surface area contributed by atoms with Gasteiger partial charge in [-0.2, -0.15) is 15.2 Å². The number of nitrogens with one attached hydrogen (secondary N) is 2. The van der Waals surface area contributed by atoms with Crippen LogP contribution < -0.4 is 16.0 Å². The number of sulfone groups is 1. The molecule has 1 saturated carbocycles. The number of nitrogens with zero attached hydrogens (tertiary/aromatic N) is 6. The maximum atomic E-state index is 15.1. The fraction of sp³-hybridized carbons (Fsp3) is 0.292. The number of aromatic amines is 1. The van der Waals surface area contributed by atoms with Gasteiger partial charge in [-0.3, -0.25) is 14.6 Å². The number of carbonyl (C=O) groups is 1. The zero-order valence-corrected chi connectivity index (χ0v) is 22.3. The Morgan fingerprint density at radius 1 is 1.18 bits per heavy atom. The molecule has 1 aromatic carbocycles. The molecule has 1 aliphatic carbocycles. The first kappa shape index (κ1) is 26.2. The van der Waals surface area contributed by atoms with Crippen molar-refractivity contribution in [1.82, 2.24) is 29.9 Å². The second kappa shape index (κ2) is 9.41. The summed E-state index contributed by atoms with van der Waals surface area (Å²) in [6.45, 7) is 1.82. The van der Waals surface area contributed by atoms with Gasteiger partial charge < -0.3 is 16.0 Å². The Morgan fingerprint density at radius 2 is 1.85 bits per heavy atom. The van der Waals surface area contributed by atoms with Gasteiger partial charge in [-0.15, -0.1) is 0 Å². The van der Waals surface area contributed by atoms with Crippen molar-refractivity contribution in [3.8, 4) is 11.4 Å². The van der Waals surface area contributed by atoms with Crippen LogP contribution in [0.4, 0.5) is 32.1 Å². The van der Waals surface area contributed by atoms with Crippen LogP contribution in [0.15, 0.2) is 29.3 Å². The second-order valence-electron chi connectivity index (χ2n) is 9.47. The van der Waals surface area contributed by atoms with Crippen LogP contribution in [0.3, 0.4) is 0 Å². The Hall–Kier alpha value is -4.40. The first-order valence-electron chi connectivity index (χ1n) is 11.8. The van der Waals surface area contributed by atoms with Crippen molar-refractivity contribution in [1.29, 1.82) is 0 Å². The highest BCUT2D eigenvalue weighted by molar-refractivity contribution is 7.90. The number of carbonyl (C=O) groups excluding carboxylic acids is 1. The molecule has 15 heteroatoms. The molecule has 4 aromatic rings. The molecule has 0 atom stereocenters. The fourth-order valence-corrected chi connectivity index (χ4v) is 4.90. The topological polar surface area (TPSA) is 165 Å². The third-order valence-corrected chi connectivity index (χ3v) is 7.34. The molecular weight excluding hydrogens is 532 g/mol. The highest BCUT2D eigenvalue weighted by Gasteiger charge is 2.35. The minimum atomic E-state index is -3.86. The average molecular weight is 558 g/mol. The highest BCUT2D eigenvalue weighted by Crippen LogP contribution is 2.48. The van der Waals surface area contributed by atoms with Gasteiger partial charge in [0.05, 0.1) is 10.5 Å². The lowest BCUT2D eigenvalue weighted by molar-refractivity contribution is 0.100. The van der Waals surface area contributed by atoms with Crippen molar-refractivity contribution in [3.63, 3.8) is 0 Å². The smallest absolute Gasteiger partial charge is 0.252 e. The van der Waals surface area contributed by atoms with Crippen LogP contribution in [0.25, 0.3) is 11.4 Å². The van der Waals surface area contributed by atoms with Crippen molar-refractivity contribution in [3.05, 3.63) is 52.9 Å². The summed E-state index contributed by atoms with van der Waals surface area (Å²) in [5.41, 5.74) is 7.08. The van der Waals surface area contributed by atoms with Gasteiger partial charge in [0.2, 0.25) is 5.95 Å². The first-order chi connectivity index (χ1) is 18.3. The molecule has 4 N–H and O–H groups in total. The van der Waals surface area contributed by atoms with Gasteiger partial charge in [0.25, 0.3) is 5.91 Å². The summed E-state index contributed by atoms with van der Waals surface area (Å²) in [5.74, 6) is -2.32. The molecule has 5 rings (SSSR count). The predicted molar refractivity (Wildman–Crippen MR) is 139 cm³/mol. The van der Waals surface area contributed by atoms with Crippen LogP contribution in [-0.2, 0) is 16.9 Å². The van der Waals surface area contributed by atoms with Gasteiger partial charge in [-0.25, -0.2) is 22.2 Å². The van der Waals surface area contributed by atoms with E-state index in [-0.39, 0.29) is 28.8 Å². The number of amides is 1. The van der Waals surface area contributed by atoms with Crippen LogP contribution in [0.5, 0.6) is 0 Å². The van der Waals surface area contributed by atoms with Crippen LogP contribution >= 0.6 is 0 Å². The molecule has 0 unspecified atom stereocenters. The SMILES string of the molecule is Cc1cc(Nc2nc(N(C)c3c(F)cc(S(C)(=O)=O)cc3F)nc(-c3nn(C)cc3C(N)=O)c2C2CC2)n[nH]1. The molecule has 0 spiro atoms. The number of benzene rings is 1. The van der Waals surface area contributed by atoms with E-state index in [0.717, 1.165) is 41.8 Å². The number of primary amides is 1. The molecule has 0 radical (unpaired) electrons. The summed E-state index contributed by atoms with van der Waals surface area (Å²) < 4.78 is 55.4. The quantitative estimate of drug-likeness (QED) is 0.295. The lowest BCUT2D eigenvalue weighted by Crippen LogP contribution is -2.19. The van der Waals surface area contributed by atoms with Crippen molar-refractivity contribution < 1.29 is 22.0 Å². The van der Waals surface area contributed by atoms with Gasteiger partial charge >= 0.3 is 0 Å². The Bertz CT molecular complexity index is 1710. The monoisotopic (exact) mass is 557 g/mol. The number of hydrogen-bond donors (Lipinski definition) is 3. The third kappa shape index (κ3) is 5.04. The molecule has 12 nitrogen and oxygen atoms in total. The number of hydrogen-bond acceptors (Lipinski definition) is 9. The Labute approximate surface area is 222 Å². The van der Waals surface area contributed by atoms with E-state index in [1.54, 1.807) is 13.1 Å². The van der Waals surface area contributed by atoms with Crippen molar-refractivity contribution >= 4 is 39.0 Å². The third-order valence-electron chi connectivity index (χ3n) is 6.24. The number of nitrogens with two attached hydrogens (primary N) is 1. The van der Waals surface area contributed by atoms with E-state index < -0.39 is 38.0 Å². The molecular formula is C24H25F2N9O3S. The van der Waals surface area contributed by atoms with Gasteiger partial charge in [0.15, 0.2) is 27.3 Å². The first-order valence-corrected chi connectivity index (χ1v) is 13.7. The molecule has 0 aliphatic heterocycles. The van der Waals surface area contributed by atoms with Gasteiger partial charge in [0.1, 0.15) is 22.9 Å². The number of halogens is 2. The molecule has 3 heterocycles. The number of aromatic nitrogens is 6. The fourth-order valence-electron chi connectivity index (χ4n) is 4.27. The van der Waals surface area contributed by atoms with E-state index >= 15 is 8.78 Å². The molecule has 0 bridgehead atoms. The Morgan fingerprint density at radius 3 is 2.38 bits per heavy atom. The standard InChI is InChI=1S/C24H25F2N9O3S/c1-11-7-17(32-31-11)28-23-18(12-5-6-12)20(19-14(22(27)36)10-34(2)33-19)29-24(30-23)35(3)21-15(25)8-13(9-16(21)26)39(4,37)38/h7-10,12H,5-6H2,1-4H3,(H2,27,36)(H2,28,29,30,31,32). The molecule has 0 saturated heterocycles. The lowest BCUT2D eigenvalue weighted by Gasteiger charge is -2.22. The lowest BCUT2D eigenvalue weighted by atomic mass is 10.0. The average Bonchev–Trinajstić information content (AvgIpc) is 3.48. The van der Waals surface area contributed by atoms with Crippen LogP contribution in [-0.4, -0.2) is 57.6 Å². The van der Waals surface area contributed by atoms with E-state index in [2.05, 4.69) is 30.6 Å². The summed E-state index contributed by atoms with van der Waals surface area (Å²) in [7, 11) is -0.893. The summed E-state index contributed by atoms with van der Waals surface area (Å²) in [6.07, 6.45) is 3.98. The number of anilines is 4. The Balaban J connectivity index is 1.74. The van der Waals surface area contributed by atoms with Gasteiger partial charge in [0, 0.05) is 43.9 Å². The second-order valence-corrected chi connectivity index (χ2v) is 11.5. The molecule has 1 amide bonds. The summed E-state index contributed by atoms with van der Waals surface area (Å²) in [4.78, 5) is 22.0. The highest BCUT2D eigenvalue weighted by atomic mass is 32.2. The van der Waals surface area contributed by atoms with Gasteiger partial charge in [-0.05, 0) is 37.8 Å². The Kier molecular flexibility index (Phi) is 6.33.